The number of rotatable bonds is 5. The maximum absolute atomic E-state index is 13.1. The van der Waals surface area contributed by atoms with E-state index in [-0.39, 0.29) is 11.9 Å². The number of hydrogen-bond donors (Lipinski definition) is 3. The standard InChI is InChI=1S/C22H25N3O4/c1-12-6-8-16(10-13(12)2)24-21(26)19-14(3)23-22(27)25-20(19)15-7-9-17(28-4)18(11-15)29-5/h6-11,20H,1-5H3,(H,24,26)(H2,23,25,27)/t20-/m1/s1. The molecule has 1 heterocycles. The van der Waals surface area contributed by atoms with E-state index < -0.39 is 6.04 Å². The Morgan fingerprint density at radius 2 is 1.69 bits per heavy atom. The Morgan fingerprint density at radius 1 is 0.966 bits per heavy atom. The van der Waals surface area contributed by atoms with E-state index in [0.717, 1.165) is 11.1 Å². The van der Waals surface area contributed by atoms with E-state index in [4.69, 9.17) is 9.47 Å². The van der Waals surface area contributed by atoms with Crippen molar-refractivity contribution in [3.8, 4) is 11.5 Å². The molecule has 2 aromatic rings. The van der Waals surface area contributed by atoms with Crippen molar-refractivity contribution in [1.82, 2.24) is 10.6 Å². The highest BCUT2D eigenvalue weighted by Gasteiger charge is 2.31. The Hall–Kier alpha value is -3.48. The number of carbonyl (C=O) groups is 2. The third-order valence-electron chi connectivity index (χ3n) is 5.02. The first-order valence-electron chi connectivity index (χ1n) is 9.23. The normalized spacial score (nSPS) is 16.0. The minimum Gasteiger partial charge on any atom is -0.493 e. The summed E-state index contributed by atoms with van der Waals surface area (Å²) < 4.78 is 10.6. The zero-order valence-corrected chi connectivity index (χ0v) is 17.2. The number of methoxy groups -OCH3 is 2. The maximum atomic E-state index is 13.1. The van der Waals surface area contributed by atoms with Crippen LogP contribution < -0.4 is 25.4 Å². The summed E-state index contributed by atoms with van der Waals surface area (Å²) in [5, 5.41) is 8.44. The topological polar surface area (TPSA) is 88.7 Å². The Kier molecular flexibility index (Phi) is 5.77. The van der Waals surface area contributed by atoms with Crippen LogP contribution in [-0.4, -0.2) is 26.2 Å². The molecule has 2 aromatic carbocycles. The summed E-state index contributed by atoms with van der Waals surface area (Å²) in [6.07, 6.45) is 0. The second kappa shape index (κ2) is 8.26. The first kappa shape index (κ1) is 20.3. The molecule has 0 aliphatic carbocycles. The quantitative estimate of drug-likeness (QED) is 0.722. The van der Waals surface area contributed by atoms with Gasteiger partial charge in [-0.1, -0.05) is 12.1 Å². The number of urea groups is 1. The van der Waals surface area contributed by atoms with Gasteiger partial charge in [-0.25, -0.2) is 4.79 Å². The zero-order valence-electron chi connectivity index (χ0n) is 17.2. The van der Waals surface area contributed by atoms with Crippen LogP contribution in [0.3, 0.4) is 0 Å². The second-order valence-corrected chi connectivity index (χ2v) is 6.94. The van der Waals surface area contributed by atoms with Crippen LogP contribution in [0.5, 0.6) is 11.5 Å². The number of allylic oxidation sites excluding steroid dienone is 1. The van der Waals surface area contributed by atoms with Crippen molar-refractivity contribution in [2.24, 2.45) is 0 Å². The molecular formula is C22H25N3O4. The van der Waals surface area contributed by atoms with E-state index >= 15 is 0 Å². The van der Waals surface area contributed by atoms with Gasteiger partial charge in [0.1, 0.15) is 0 Å². The number of ether oxygens (including phenoxy) is 2. The Labute approximate surface area is 170 Å². The van der Waals surface area contributed by atoms with Gasteiger partial charge in [0.25, 0.3) is 5.91 Å². The van der Waals surface area contributed by atoms with E-state index in [2.05, 4.69) is 16.0 Å². The fraction of sp³-hybridized carbons (Fsp3) is 0.273. The van der Waals surface area contributed by atoms with Crippen molar-refractivity contribution in [3.05, 3.63) is 64.4 Å². The average molecular weight is 395 g/mol. The average Bonchev–Trinajstić information content (AvgIpc) is 2.69. The molecule has 3 N–H and O–H groups in total. The zero-order chi connectivity index (χ0) is 21.1. The van der Waals surface area contributed by atoms with Crippen LogP contribution in [-0.2, 0) is 4.79 Å². The Balaban J connectivity index is 1.97. The number of amides is 3. The largest absolute Gasteiger partial charge is 0.493 e. The van der Waals surface area contributed by atoms with Crippen LogP contribution in [0, 0.1) is 13.8 Å². The Bertz CT molecular complexity index is 998. The van der Waals surface area contributed by atoms with Crippen LogP contribution in [0.4, 0.5) is 10.5 Å². The van der Waals surface area contributed by atoms with Crippen molar-refractivity contribution in [3.63, 3.8) is 0 Å². The minimum absolute atomic E-state index is 0.293. The first-order chi connectivity index (χ1) is 13.8. The number of carbonyl (C=O) groups excluding carboxylic acids is 2. The van der Waals surface area contributed by atoms with Crippen LogP contribution in [0.1, 0.15) is 29.7 Å². The lowest BCUT2D eigenvalue weighted by atomic mass is 9.94. The van der Waals surface area contributed by atoms with Gasteiger partial charge in [0.15, 0.2) is 11.5 Å². The highest BCUT2D eigenvalue weighted by Crippen LogP contribution is 2.34. The molecule has 1 aliphatic rings. The first-order valence-corrected chi connectivity index (χ1v) is 9.23. The predicted octanol–water partition coefficient (Wildman–Crippen LogP) is 3.59. The monoisotopic (exact) mass is 395 g/mol. The number of hydrogen-bond acceptors (Lipinski definition) is 4. The van der Waals surface area contributed by atoms with Gasteiger partial charge in [0.2, 0.25) is 0 Å². The molecule has 0 radical (unpaired) electrons. The molecule has 3 rings (SSSR count). The molecular weight excluding hydrogens is 370 g/mol. The smallest absolute Gasteiger partial charge is 0.319 e. The summed E-state index contributed by atoms with van der Waals surface area (Å²) >= 11 is 0. The van der Waals surface area contributed by atoms with Crippen molar-refractivity contribution in [2.75, 3.05) is 19.5 Å². The fourth-order valence-electron chi connectivity index (χ4n) is 3.29. The lowest BCUT2D eigenvalue weighted by Gasteiger charge is -2.29. The molecule has 0 unspecified atom stereocenters. The van der Waals surface area contributed by atoms with Gasteiger partial charge < -0.3 is 25.4 Å². The lowest BCUT2D eigenvalue weighted by Crippen LogP contribution is -2.46. The summed E-state index contributed by atoms with van der Waals surface area (Å²) in [6.45, 7) is 5.72. The number of benzene rings is 2. The second-order valence-electron chi connectivity index (χ2n) is 6.94. The molecule has 0 saturated carbocycles. The van der Waals surface area contributed by atoms with Gasteiger partial charge in [0.05, 0.1) is 25.8 Å². The summed E-state index contributed by atoms with van der Waals surface area (Å²) in [5.41, 5.74) is 4.56. The molecule has 0 spiro atoms. The van der Waals surface area contributed by atoms with E-state index in [0.29, 0.717) is 34.0 Å². The summed E-state index contributed by atoms with van der Waals surface area (Å²) in [4.78, 5) is 25.2. The van der Waals surface area contributed by atoms with Gasteiger partial charge in [-0.3, -0.25) is 4.79 Å². The van der Waals surface area contributed by atoms with E-state index in [1.54, 1.807) is 32.2 Å². The van der Waals surface area contributed by atoms with Gasteiger partial charge in [-0.2, -0.15) is 0 Å². The van der Waals surface area contributed by atoms with Crippen molar-refractivity contribution in [1.29, 1.82) is 0 Å². The van der Waals surface area contributed by atoms with Crippen molar-refractivity contribution < 1.29 is 19.1 Å². The van der Waals surface area contributed by atoms with Crippen LogP contribution in [0.25, 0.3) is 0 Å². The highest BCUT2D eigenvalue weighted by molar-refractivity contribution is 6.06. The number of aryl methyl sites for hydroxylation is 2. The molecule has 152 valence electrons. The molecule has 1 aliphatic heterocycles. The van der Waals surface area contributed by atoms with Crippen molar-refractivity contribution >= 4 is 17.6 Å². The fourth-order valence-corrected chi connectivity index (χ4v) is 3.29. The van der Waals surface area contributed by atoms with Crippen LogP contribution in [0.15, 0.2) is 47.7 Å². The molecule has 7 heteroatoms. The Morgan fingerprint density at radius 3 is 2.34 bits per heavy atom. The molecule has 0 bridgehead atoms. The summed E-state index contributed by atoms with van der Waals surface area (Å²) in [5.74, 6) is 0.792. The molecule has 29 heavy (non-hydrogen) atoms. The lowest BCUT2D eigenvalue weighted by molar-refractivity contribution is -0.113. The molecule has 7 nitrogen and oxygen atoms in total. The third-order valence-corrected chi connectivity index (χ3v) is 5.02. The van der Waals surface area contributed by atoms with Gasteiger partial charge >= 0.3 is 6.03 Å². The molecule has 0 fully saturated rings. The van der Waals surface area contributed by atoms with E-state index in [1.807, 2.05) is 32.0 Å². The molecule has 1 atom stereocenters. The van der Waals surface area contributed by atoms with Crippen LogP contribution in [0.2, 0.25) is 0 Å². The SMILES string of the molecule is COc1ccc([C@H]2NC(=O)NC(C)=C2C(=O)Nc2ccc(C)c(C)c2)cc1OC. The van der Waals surface area contributed by atoms with Gasteiger partial charge in [-0.15, -0.1) is 0 Å². The van der Waals surface area contributed by atoms with Gasteiger partial charge in [0, 0.05) is 11.4 Å². The highest BCUT2D eigenvalue weighted by atomic mass is 16.5. The molecule has 0 aromatic heterocycles. The van der Waals surface area contributed by atoms with Crippen LogP contribution >= 0.6 is 0 Å². The summed E-state index contributed by atoms with van der Waals surface area (Å²) in [7, 11) is 3.09. The third kappa shape index (κ3) is 4.18. The van der Waals surface area contributed by atoms with E-state index in [9.17, 15) is 9.59 Å². The summed E-state index contributed by atoms with van der Waals surface area (Å²) in [6, 6.07) is 10.0. The van der Waals surface area contributed by atoms with Gasteiger partial charge in [-0.05, 0) is 61.7 Å². The van der Waals surface area contributed by atoms with E-state index in [1.165, 1.54) is 7.11 Å². The predicted molar refractivity (Wildman–Crippen MR) is 111 cm³/mol. The maximum Gasteiger partial charge on any atom is 0.319 e. The molecule has 0 saturated heterocycles. The number of nitrogens with one attached hydrogen (secondary N) is 3. The molecule has 3 amide bonds. The number of anilines is 1. The minimum atomic E-state index is -0.630. The van der Waals surface area contributed by atoms with Crippen molar-refractivity contribution in [2.45, 2.75) is 26.8 Å².